The molecule has 0 bridgehead atoms. The normalized spacial score (nSPS) is 9.81. The van der Waals surface area contributed by atoms with Crippen LogP contribution in [0.2, 0.25) is 5.02 Å². The lowest BCUT2D eigenvalue weighted by Crippen LogP contribution is -2.13. The number of nitrogens with one attached hydrogen (secondary N) is 1. The second-order valence-corrected chi connectivity index (χ2v) is 4.88. The average molecular weight is 301 g/mol. The molecule has 0 aliphatic carbocycles. The van der Waals surface area contributed by atoms with E-state index in [9.17, 15) is 4.79 Å². The Labute approximate surface area is 127 Å². The SMILES string of the molecule is COc1cc(C(=O)Nc2cc(Cl)ccc2C#N)ccc1C. The number of anilines is 1. The quantitative estimate of drug-likeness (QED) is 0.938. The Hall–Kier alpha value is -2.51. The Kier molecular flexibility index (Phi) is 4.46. The Morgan fingerprint density at radius 2 is 2.05 bits per heavy atom. The summed E-state index contributed by atoms with van der Waals surface area (Å²) in [7, 11) is 1.55. The maximum atomic E-state index is 12.3. The summed E-state index contributed by atoms with van der Waals surface area (Å²) in [5.41, 5.74) is 2.12. The summed E-state index contributed by atoms with van der Waals surface area (Å²) in [6.07, 6.45) is 0. The average Bonchev–Trinajstić information content (AvgIpc) is 2.48. The number of ether oxygens (including phenoxy) is 1. The molecule has 0 fully saturated rings. The molecular formula is C16H13ClN2O2. The van der Waals surface area contributed by atoms with Gasteiger partial charge in [-0.15, -0.1) is 0 Å². The minimum absolute atomic E-state index is 0.327. The van der Waals surface area contributed by atoms with Crippen molar-refractivity contribution in [2.45, 2.75) is 6.92 Å². The molecule has 0 spiro atoms. The molecule has 0 radical (unpaired) electrons. The summed E-state index contributed by atoms with van der Waals surface area (Å²) in [5.74, 6) is 0.307. The van der Waals surface area contributed by atoms with Crippen LogP contribution in [0.5, 0.6) is 5.75 Å². The maximum Gasteiger partial charge on any atom is 0.255 e. The molecule has 2 aromatic rings. The molecule has 0 aliphatic heterocycles. The number of amides is 1. The third kappa shape index (κ3) is 3.33. The van der Waals surface area contributed by atoms with E-state index in [0.29, 0.717) is 27.6 Å². The third-order valence-electron chi connectivity index (χ3n) is 3.02. The summed E-state index contributed by atoms with van der Waals surface area (Å²) in [6, 6.07) is 11.9. The van der Waals surface area contributed by atoms with E-state index in [1.54, 1.807) is 43.5 Å². The van der Waals surface area contributed by atoms with Crippen LogP contribution < -0.4 is 10.1 Å². The van der Waals surface area contributed by atoms with Crippen molar-refractivity contribution in [3.8, 4) is 11.8 Å². The molecule has 2 aromatic carbocycles. The standard InChI is InChI=1S/C16H13ClN2O2/c1-10-3-4-11(7-15(10)21-2)16(20)19-14-8-13(17)6-5-12(14)9-18/h3-8H,1-2H3,(H,19,20). The van der Waals surface area contributed by atoms with Gasteiger partial charge in [0.05, 0.1) is 18.4 Å². The summed E-state index contributed by atoms with van der Waals surface area (Å²) < 4.78 is 5.20. The Morgan fingerprint density at radius 3 is 2.71 bits per heavy atom. The van der Waals surface area contributed by atoms with Crippen LogP contribution in [0.4, 0.5) is 5.69 Å². The highest BCUT2D eigenvalue weighted by molar-refractivity contribution is 6.31. The number of aryl methyl sites for hydroxylation is 1. The van der Waals surface area contributed by atoms with Gasteiger partial charge in [0, 0.05) is 10.6 Å². The molecule has 1 N–H and O–H groups in total. The summed E-state index contributed by atoms with van der Waals surface area (Å²) in [5, 5.41) is 12.2. The van der Waals surface area contributed by atoms with Crippen LogP contribution >= 0.6 is 11.6 Å². The smallest absolute Gasteiger partial charge is 0.255 e. The van der Waals surface area contributed by atoms with E-state index in [1.807, 2.05) is 13.0 Å². The fourth-order valence-electron chi connectivity index (χ4n) is 1.87. The highest BCUT2D eigenvalue weighted by atomic mass is 35.5. The molecule has 21 heavy (non-hydrogen) atoms. The first-order valence-corrected chi connectivity index (χ1v) is 6.58. The molecule has 106 valence electrons. The minimum Gasteiger partial charge on any atom is -0.496 e. The van der Waals surface area contributed by atoms with Crippen molar-refractivity contribution in [1.82, 2.24) is 0 Å². The fraction of sp³-hybridized carbons (Fsp3) is 0.125. The van der Waals surface area contributed by atoms with Crippen molar-refractivity contribution in [3.63, 3.8) is 0 Å². The number of benzene rings is 2. The Morgan fingerprint density at radius 1 is 1.29 bits per heavy atom. The van der Waals surface area contributed by atoms with E-state index in [4.69, 9.17) is 21.6 Å². The zero-order valence-corrected chi connectivity index (χ0v) is 12.4. The number of nitrogens with zero attached hydrogens (tertiary/aromatic N) is 1. The van der Waals surface area contributed by atoms with Crippen LogP contribution in [-0.2, 0) is 0 Å². The second kappa shape index (κ2) is 6.29. The molecule has 0 heterocycles. The molecule has 1 amide bonds. The predicted octanol–water partition coefficient (Wildman–Crippen LogP) is 3.78. The van der Waals surface area contributed by atoms with Gasteiger partial charge in [0.1, 0.15) is 11.8 Å². The molecule has 5 heteroatoms. The molecule has 4 nitrogen and oxygen atoms in total. The van der Waals surface area contributed by atoms with Crippen LogP contribution in [0, 0.1) is 18.3 Å². The molecule has 0 unspecified atom stereocenters. The zero-order chi connectivity index (χ0) is 15.4. The van der Waals surface area contributed by atoms with Gasteiger partial charge in [-0.2, -0.15) is 5.26 Å². The van der Waals surface area contributed by atoms with E-state index in [2.05, 4.69) is 5.32 Å². The van der Waals surface area contributed by atoms with Crippen molar-refractivity contribution < 1.29 is 9.53 Å². The lowest BCUT2D eigenvalue weighted by molar-refractivity contribution is 0.102. The molecule has 0 aromatic heterocycles. The molecule has 0 atom stereocenters. The minimum atomic E-state index is -0.327. The van der Waals surface area contributed by atoms with Crippen molar-refractivity contribution in [2.75, 3.05) is 12.4 Å². The van der Waals surface area contributed by atoms with Crippen molar-refractivity contribution >= 4 is 23.2 Å². The van der Waals surface area contributed by atoms with E-state index in [-0.39, 0.29) is 5.91 Å². The van der Waals surface area contributed by atoms with Crippen LogP contribution in [0.25, 0.3) is 0 Å². The molecule has 2 rings (SSSR count). The topological polar surface area (TPSA) is 62.1 Å². The lowest BCUT2D eigenvalue weighted by atomic mass is 10.1. The van der Waals surface area contributed by atoms with E-state index >= 15 is 0 Å². The number of halogens is 1. The summed E-state index contributed by atoms with van der Waals surface area (Å²) in [4.78, 5) is 12.3. The predicted molar refractivity (Wildman–Crippen MR) is 81.9 cm³/mol. The first kappa shape index (κ1) is 14.9. The van der Waals surface area contributed by atoms with E-state index < -0.39 is 0 Å². The van der Waals surface area contributed by atoms with Crippen molar-refractivity contribution in [1.29, 1.82) is 5.26 Å². The van der Waals surface area contributed by atoms with Crippen LogP contribution in [0.1, 0.15) is 21.5 Å². The van der Waals surface area contributed by atoms with Gasteiger partial charge in [0.2, 0.25) is 0 Å². The van der Waals surface area contributed by atoms with Crippen molar-refractivity contribution in [2.24, 2.45) is 0 Å². The number of carbonyl (C=O) groups is 1. The van der Waals surface area contributed by atoms with E-state index in [1.165, 1.54) is 0 Å². The summed E-state index contributed by atoms with van der Waals surface area (Å²) in [6.45, 7) is 1.89. The highest BCUT2D eigenvalue weighted by Gasteiger charge is 2.11. The third-order valence-corrected chi connectivity index (χ3v) is 3.26. The highest BCUT2D eigenvalue weighted by Crippen LogP contribution is 2.23. The van der Waals surface area contributed by atoms with Crippen molar-refractivity contribution in [3.05, 3.63) is 58.1 Å². The number of methoxy groups -OCH3 is 1. The Bertz CT molecular complexity index is 736. The number of nitriles is 1. The largest absolute Gasteiger partial charge is 0.496 e. The number of hydrogen-bond donors (Lipinski definition) is 1. The Balaban J connectivity index is 2.30. The fourth-order valence-corrected chi connectivity index (χ4v) is 2.05. The first-order valence-electron chi connectivity index (χ1n) is 6.21. The van der Waals surface area contributed by atoms with Gasteiger partial charge in [-0.3, -0.25) is 4.79 Å². The zero-order valence-electron chi connectivity index (χ0n) is 11.6. The lowest BCUT2D eigenvalue weighted by Gasteiger charge is -2.10. The van der Waals surface area contributed by atoms with Gasteiger partial charge in [-0.05, 0) is 42.8 Å². The van der Waals surface area contributed by atoms with Gasteiger partial charge in [-0.25, -0.2) is 0 Å². The van der Waals surface area contributed by atoms with Gasteiger partial charge in [-0.1, -0.05) is 17.7 Å². The van der Waals surface area contributed by atoms with Gasteiger partial charge in [0.25, 0.3) is 5.91 Å². The van der Waals surface area contributed by atoms with Crippen LogP contribution in [-0.4, -0.2) is 13.0 Å². The maximum absolute atomic E-state index is 12.3. The first-order chi connectivity index (χ1) is 10.0. The van der Waals surface area contributed by atoms with Gasteiger partial charge in [0.15, 0.2) is 0 Å². The molecule has 0 saturated carbocycles. The van der Waals surface area contributed by atoms with Gasteiger partial charge >= 0.3 is 0 Å². The summed E-state index contributed by atoms with van der Waals surface area (Å²) >= 11 is 5.89. The number of hydrogen-bond acceptors (Lipinski definition) is 3. The second-order valence-electron chi connectivity index (χ2n) is 4.44. The number of rotatable bonds is 3. The van der Waals surface area contributed by atoms with Gasteiger partial charge < -0.3 is 10.1 Å². The van der Waals surface area contributed by atoms with Crippen LogP contribution in [0.3, 0.4) is 0 Å². The monoisotopic (exact) mass is 300 g/mol. The number of carbonyl (C=O) groups excluding carboxylic acids is 1. The van der Waals surface area contributed by atoms with E-state index in [0.717, 1.165) is 5.56 Å². The molecular weight excluding hydrogens is 288 g/mol. The van der Waals surface area contributed by atoms with Crippen LogP contribution in [0.15, 0.2) is 36.4 Å². The molecule has 0 saturated heterocycles. The molecule has 0 aliphatic rings.